The number of nitrogens with zero attached hydrogens (tertiary/aromatic N) is 2. The van der Waals surface area contributed by atoms with Crippen LogP contribution < -0.4 is 5.32 Å². The highest BCUT2D eigenvalue weighted by Crippen LogP contribution is 2.21. The average molecular weight is 400 g/mol. The Bertz CT molecular complexity index is 1100. The quantitative estimate of drug-likeness (QED) is 0.301. The van der Waals surface area contributed by atoms with Crippen LogP contribution in [0.3, 0.4) is 0 Å². The second-order valence-corrected chi connectivity index (χ2v) is 6.31. The molecule has 0 bridgehead atoms. The number of pyridine rings is 1. The highest BCUT2D eigenvalue weighted by molar-refractivity contribution is 6.29. The number of nitrogens with one attached hydrogen (secondary N) is 1. The van der Waals surface area contributed by atoms with Gasteiger partial charge in [0.25, 0.3) is 11.6 Å². The smallest absolute Gasteiger partial charge is 0.338 e. The van der Waals surface area contributed by atoms with E-state index < -0.39 is 23.4 Å². The monoisotopic (exact) mass is 399 g/mol. The number of aryl methyl sites for hydroxylation is 1. The zero-order valence-corrected chi connectivity index (χ0v) is 15.4. The summed E-state index contributed by atoms with van der Waals surface area (Å²) in [5.74, 6) is -1.22. The summed E-state index contributed by atoms with van der Waals surface area (Å²) < 4.78 is 5.03. The first kappa shape index (κ1) is 19.2. The molecular formula is C19H14ClN3O5. The molecule has 0 saturated heterocycles. The van der Waals surface area contributed by atoms with Crippen molar-refractivity contribution in [3.8, 4) is 0 Å². The van der Waals surface area contributed by atoms with Crippen LogP contribution in [-0.4, -0.2) is 28.4 Å². The minimum atomic E-state index is -0.660. The summed E-state index contributed by atoms with van der Waals surface area (Å²) >= 11 is 5.83. The average Bonchev–Trinajstić information content (AvgIpc) is 2.67. The highest BCUT2D eigenvalue weighted by atomic mass is 35.5. The topological polar surface area (TPSA) is 111 Å². The van der Waals surface area contributed by atoms with Gasteiger partial charge in [-0.2, -0.15) is 0 Å². The van der Waals surface area contributed by atoms with Crippen LogP contribution in [0.4, 0.5) is 11.4 Å². The lowest BCUT2D eigenvalue weighted by Gasteiger charge is -2.09. The number of amides is 1. The number of hydrogen-bond acceptors (Lipinski definition) is 6. The molecule has 142 valence electrons. The van der Waals surface area contributed by atoms with E-state index in [1.54, 1.807) is 31.2 Å². The van der Waals surface area contributed by atoms with Crippen LogP contribution in [0.25, 0.3) is 10.9 Å². The van der Waals surface area contributed by atoms with E-state index in [2.05, 4.69) is 10.3 Å². The highest BCUT2D eigenvalue weighted by Gasteiger charge is 2.13. The van der Waals surface area contributed by atoms with Gasteiger partial charge in [-0.1, -0.05) is 11.6 Å². The normalized spacial score (nSPS) is 10.5. The number of aromatic nitrogens is 1. The van der Waals surface area contributed by atoms with E-state index >= 15 is 0 Å². The number of non-ortho nitro benzene ring substituents is 1. The van der Waals surface area contributed by atoms with Crippen LogP contribution in [0, 0.1) is 17.0 Å². The van der Waals surface area contributed by atoms with Crippen LogP contribution in [0.2, 0.25) is 5.15 Å². The molecule has 0 radical (unpaired) electrons. The number of carbonyl (C=O) groups is 2. The molecular weight excluding hydrogens is 386 g/mol. The van der Waals surface area contributed by atoms with Crippen LogP contribution in [0.5, 0.6) is 0 Å². The third-order valence-electron chi connectivity index (χ3n) is 3.92. The van der Waals surface area contributed by atoms with Gasteiger partial charge in [-0.25, -0.2) is 9.78 Å². The van der Waals surface area contributed by atoms with E-state index in [4.69, 9.17) is 16.3 Å². The summed E-state index contributed by atoms with van der Waals surface area (Å²) in [6.45, 7) is 1.14. The Hall–Kier alpha value is -3.52. The molecule has 0 aliphatic rings. The number of anilines is 1. The maximum atomic E-state index is 12.2. The molecule has 0 unspecified atom stereocenters. The number of hydrogen-bond donors (Lipinski definition) is 1. The zero-order valence-electron chi connectivity index (χ0n) is 14.6. The Morgan fingerprint density at radius 2 is 1.96 bits per heavy atom. The number of benzene rings is 2. The maximum absolute atomic E-state index is 12.2. The molecule has 9 heteroatoms. The van der Waals surface area contributed by atoms with Crippen LogP contribution in [-0.2, 0) is 9.53 Å². The molecule has 0 saturated carbocycles. The summed E-state index contributed by atoms with van der Waals surface area (Å²) in [6.07, 6.45) is 0. The van der Waals surface area contributed by atoms with Gasteiger partial charge in [0.05, 0.1) is 16.0 Å². The largest absolute Gasteiger partial charge is 0.452 e. The summed E-state index contributed by atoms with van der Waals surface area (Å²) in [5.41, 5.74) is 1.76. The Balaban J connectivity index is 1.62. The van der Waals surface area contributed by atoms with E-state index in [9.17, 15) is 19.7 Å². The number of esters is 1. The lowest BCUT2D eigenvalue weighted by molar-refractivity contribution is -0.384. The van der Waals surface area contributed by atoms with Crippen molar-refractivity contribution in [1.29, 1.82) is 0 Å². The lowest BCUT2D eigenvalue weighted by atomic mass is 10.1. The van der Waals surface area contributed by atoms with Gasteiger partial charge in [0.15, 0.2) is 6.61 Å². The fourth-order valence-electron chi connectivity index (χ4n) is 2.53. The van der Waals surface area contributed by atoms with Crippen molar-refractivity contribution in [2.24, 2.45) is 0 Å². The predicted octanol–water partition coefficient (Wildman–Crippen LogP) is 3.90. The Kier molecular flexibility index (Phi) is 5.51. The molecule has 1 amide bonds. The zero-order chi connectivity index (χ0) is 20.3. The Morgan fingerprint density at radius 1 is 1.18 bits per heavy atom. The molecule has 0 aliphatic carbocycles. The van der Waals surface area contributed by atoms with Crippen molar-refractivity contribution < 1.29 is 19.2 Å². The van der Waals surface area contributed by atoms with Gasteiger partial charge in [-0.15, -0.1) is 0 Å². The van der Waals surface area contributed by atoms with Gasteiger partial charge in [0, 0.05) is 23.2 Å². The van der Waals surface area contributed by atoms with E-state index in [-0.39, 0.29) is 11.3 Å². The maximum Gasteiger partial charge on any atom is 0.338 e. The molecule has 0 spiro atoms. The fraction of sp³-hybridized carbons (Fsp3) is 0.105. The van der Waals surface area contributed by atoms with Crippen molar-refractivity contribution in [2.45, 2.75) is 6.92 Å². The minimum absolute atomic E-state index is 0.0750. The number of rotatable bonds is 5. The van der Waals surface area contributed by atoms with Crippen molar-refractivity contribution in [1.82, 2.24) is 4.98 Å². The lowest BCUT2D eigenvalue weighted by Crippen LogP contribution is -2.21. The molecule has 0 fully saturated rings. The molecule has 3 rings (SSSR count). The Morgan fingerprint density at radius 3 is 2.68 bits per heavy atom. The van der Waals surface area contributed by atoms with Crippen LogP contribution in [0.1, 0.15) is 15.9 Å². The van der Waals surface area contributed by atoms with Gasteiger partial charge in [-0.3, -0.25) is 14.9 Å². The fourth-order valence-corrected chi connectivity index (χ4v) is 2.68. The first-order chi connectivity index (χ1) is 13.3. The molecule has 1 aromatic heterocycles. The van der Waals surface area contributed by atoms with Gasteiger partial charge in [0.2, 0.25) is 0 Å². The Labute approximate surface area is 164 Å². The van der Waals surface area contributed by atoms with Crippen molar-refractivity contribution >= 4 is 45.8 Å². The second-order valence-electron chi connectivity index (χ2n) is 5.92. The molecule has 0 atom stereocenters. The van der Waals surface area contributed by atoms with Crippen molar-refractivity contribution in [3.63, 3.8) is 0 Å². The molecule has 1 heterocycles. The number of ether oxygens (including phenoxy) is 1. The molecule has 1 N–H and O–H groups in total. The summed E-state index contributed by atoms with van der Waals surface area (Å²) in [5, 5.41) is 14.4. The van der Waals surface area contributed by atoms with Gasteiger partial charge in [0.1, 0.15) is 5.15 Å². The molecule has 2 aromatic carbocycles. The minimum Gasteiger partial charge on any atom is -0.452 e. The number of nitro benzene ring substituents is 1. The van der Waals surface area contributed by atoms with E-state index in [0.717, 1.165) is 0 Å². The van der Waals surface area contributed by atoms with Crippen molar-refractivity contribution in [3.05, 3.63) is 74.9 Å². The van der Waals surface area contributed by atoms with Gasteiger partial charge >= 0.3 is 5.97 Å². The van der Waals surface area contributed by atoms with E-state index in [0.29, 0.717) is 27.3 Å². The molecule has 8 nitrogen and oxygen atoms in total. The van der Waals surface area contributed by atoms with Crippen LogP contribution in [0.15, 0.2) is 48.5 Å². The summed E-state index contributed by atoms with van der Waals surface area (Å²) in [6, 6.07) is 12.2. The van der Waals surface area contributed by atoms with Gasteiger partial charge in [-0.05, 0) is 48.9 Å². The number of nitro groups is 1. The number of carbonyl (C=O) groups excluding carboxylic acids is 2. The summed E-state index contributed by atoms with van der Waals surface area (Å²) in [4.78, 5) is 38.6. The SMILES string of the molecule is Cc1cc([N+](=O)[O-])ccc1NC(=O)COC(=O)c1ccc2nc(Cl)ccc2c1. The third-order valence-corrected chi connectivity index (χ3v) is 4.13. The first-order valence-corrected chi connectivity index (χ1v) is 8.49. The summed E-state index contributed by atoms with van der Waals surface area (Å²) in [7, 11) is 0. The van der Waals surface area contributed by atoms with Crippen LogP contribution >= 0.6 is 11.6 Å². The van der Waals surface area contributed by atoms with E-state index in [1.807, 2.05) is 0 Å². The first-order valence-electron chi connectivity index (χ1n) is 8.12. The molecule has 3 aromatic rings. The number of fused-ring (bicyclic) bond motifs is 1. The third kappa shape index (κ3) is 4.41. The van der Waals surface area contributed by atoms with E-state index in [1.165, 1.54) is 24.3 Å². The second kappa shape index (κ2) is 8.01. The standard InChI is InChI=1S/C19H14ClN3O5/c1-11-8-14(23(26)27)4-6-15(11)22-18(24)10-28-19(25)13-2-5-16-12(9-13)3-7-17(20)21-16/h2-9H,10H2,1H3,(H,22,24). The molecule has 0 aliphatic heterocycles. The number of halogens is 1. The van der Waals surface area contributed by atoms with Crippen molar-refractivity contribution in [2.75, 3.05) is 11.9 Å². The molecule has 28 heavy (non-hydrogen) atoms. The van der Waals surface area contributed by atoms with Gasteiger partial charge < -0.3 is 10.1 Å². The predicted molar refractivity (Wildman–Crippen MR) is 103 cm³/mol.